The van der Waals surface area contributed by atoms with Gasteiger partial charge in [0.05, 0.1) is 17.4 Å². The Labute approximate surface area is 156 Å². The number of para-hydroxylation sites is 1. The molecule has 2 heterocycles. The van der Waals surface area contributed by atoms with Crippen LogP contribution < -0.4 is 10.1 Å². The maximum absolute atomic E-state index is 11.1. The molecule has 1 aliphatic carbocycles. The van der Waals surface area contributed by atoms with E-state index < -0.39 is 5.97 Å². The van der Waals surface area contributed by atoms with Gasteiger partial charge in [0, 0.05) is 25.7 Å². The second-order valence-electron chi connectivity index (χ2n) is 6.60. The number of rotatable bonds is 2. The number of benzene rings is 1. The Hall–Kier alpha value is -2.31. The van der Waals surface area contributed by atoms with Crippen LogP contribution in [-0.2, 0) is 4.79 Å². The first kappa shape index (κ1) is 17.1. The summed E-state index contributed by atoms with van der Waals surface area (Å²) in [4.78, 5) is 18.1. The molecule has 3 aliphatic rings. The van der Waals surface area contributed by atoms with Crippen LogP contribution in [-0.4, -0.2) is 52.9 Å². The molecule has 136 valence electrons. The second-order valence-corrected chi connectivity index (χ2v) is 7.16. The minimum atomic E-state index is -0.805. The van der Waals surface area contributed by atoms with E-state index in [9.17, 15) is 4.79 Å². The predicted octanol–water partition coefficient (Wildman–Crippen LogP) is 2.35. The van der Waals surface area contributed by atoms with E-state index in [1.807, 2.05) is 36.4 Å². The number of nitrogens with zero attached hydrogens (tertiary/aromatic N) is 2. The van der Waals surface area contributed by atoms with E-state index in [1.54, 1.807) is 0 Å². The Morgan fingerprint density at radius 2 is 2.27 bits per heavy atom. The van der Waals surface area contributed by atoms with Gasteiger partial charge in [0.2, 0.25) is 0 Å². The first-order chi connectivity index (χ1) is 12.6. The van der Waals surface area contributed by atoms with Gasteiger partial charge >= 0.3 is 5.97 Å². The lowest BCUT2D eigenvalue weighted by Gasteiger charge is -2.35. The molecule has 26 heavy (non-hydrogen) atoms. The summed E-state index contributed by atoms with van der Waals surface area (Å²) in [6.07, 6.45) is 4.68. The van der Waals surface area contributed by atoms with E-state index in [0.29, 0.717) is 19.5 Å². The third kappa shape index (κ3) is 3.48. The number of halogens is 1. The lowest BCUT2D eigenvalue weighted by Crippen LogP contribution is -2.53. The molecule has 0 spiro atoms. The highest BCUT2D eigenvalue weighted by Crippen LogP contribution is 2.33. The summed E-state index contributed by atoms with van der Waals surface area (Å²) < 4.78 is 6.10. The number of hydrogen-bond acceptors (Lipinski definition) is 5. The molecule has 1 unspecified atom stereocenters. The molecule has 0 saturated carbocycles. The lowest BCUT2D eigenvalue weighted by atomic mass is 10.1. The highest BCUT2D eigenvalue weighted by Gasteiger charge is 2.29. The molecule has 0 aromatic heterocycles. The van der Waals surface area contributed by atoms with Crippen molar-refractivity contribution in [3.05, 3.63) is 53.4 Å². The molecule has 2 aliphatic heterocycles. The first-order valence-electron chi connectivity index (χ1n) is 8.72. The number of carboxylic acids is 1. The van der Waals surface area contributed by atoms with Gasteiger partial charge in [-0.1, -0.05) is 12.1 Å². The van der Waals surface area contributed by atoms with E-state index in [-0.39, 0.29) is 17.8 Å². The number of piperazine rings is 1. The fourth-order valence-electron chi connectivity index (χ4n) is 3.47. The standard InChI is InChI=1S/C19H20ClN3O3/c20-12-5-6-17-15(9-12)22-19(14-3-1-2-4-16(14)26-17)23-8-7-21-13(11-23)10-18(24)25/h1-4,6,9,12-13,21H,5,7-8,10-11H2,(H,24,25)/t12?,13-/m0/s1. The van der Waals surface area contributed by atoms with E-state index in [2.05, 4.69) is 10.2 Å². The maximum atomic E-state index is 11.1. The van der Waals surface area contributed by atoms with Crippen molar-refractivity contribution in [2.24, 2.45) is 4.99 Å². The molecular weight excluding hydrogens is 354 g/mol. The van der Waals surface area contributed by atoms with Crippen molar-refractivity contribution in [1.82, 2.24) is 10.2 Å². The van der Waals surface area contributed by atoms with Gasteiger partial charge in [0.25, 0.3) is 0 Å². The van der Waals surface area contributed by atoms with Crippen LogP contribution in [0.4, 0.5) is 0 Å². The summed E-state index contributed by atoms with van der Waals surface area (Å²) in [6, 6.07) is 7.69. The fourth-order valence-corrected chi connectivity index (χ4v) is 3.68. The topological polar surface area (TPSA) is 74.2 Å². The zero-order valence-corrected chi connectivity index (χ0v) is 14.9. The second kappa shape index (κ2) is 7.13. The molecule has 1 fully saturated rings. The van der Waals surface area contributed by atoms with Crippen molar-refractivity contribution in [2.45, 2.75) is 24.3 Å². The largest absolute Gasteiger partial charge is 0.481 e. The molecule has 2 N–H and O–H groups in total. The van der Waals surface area contributed by atoms with E-state index in [1.165, 1.54) is 0 Å². The number of alkyl halides is 1. The number of amidine groups is 1. The normalized spacial score (nSPS) is 25.0. The van der Waals surface area contributed by atoms with Crippen LogP contribution in [0.5, 0.6) is 5.75 Å². The smallest absolute Gasteiger partial charge is 0.304 e. The number of carbonyl (C=O) groups is 1. The maximum Gasteiger partial charge on any atom is 0.304 e. The number of allylic oxidation sites excluding steroid dienone is 2. The van der Waals surface area contributed by atoms with Crippen LogP contribution in [0.3, 0.4) is 0 Å². The minimum Gasteiger partial charge on any atom is -0.481 e. The number of nitrogens with one attached hydrogen (secondary N) is 1. The molecule has 4 rings (SSSR count). The van der Waals surface area contributed by atoms with E-state index in [0.717, 1.165) is 35.1 Å². The molecule has 1 aromatic carbocycles. The van der Waals surface area contributed by atoms with Crippen LogP contribution >= 0.6 is 11.6 Å². The van der Waals surface area contributed by atoms with E-state index >= 15 is 0 Å². The molecule has 0 bridgehead atoms. The highest BCUT2D eigenvalue weighted by molar-refractivity contribution is 6.22. The SMILES string of the molecule is O=C(O)C[C@H]1CN(C2=NC3=CC(Cl)CC=C3Oc3ccccc32)CCN1. The van der Waals surface area contributed by atoms with Crippen LogP contribution in [0.25, 0.3) is 0 Å². The summed E-state index contributed by atoms with van der Waals surface area (Å²) in [5, 5.41) is 12.3. The summed E-state index contributed by atoms with van der Waals surface area (Å²) in [7, 11) is 0. The van der Waals surface area contributed by atoms with Gasteiger partial charge in [-0.15, -0.1) is 11.6 Å². The number of carboxylic acid groups (broad SMARTS) is 1. The van der Waals surface area contributed by atoms with Crippen LogP contribution in [0.1, 0.15) is 18.4 Å². The Morgan fingerprint density at radius 3 is 3.12 bits per heavy atom. The number of hydrogen-bond donors (Lipinski definition) is 2. The van der Waals surface area contributed by atoms with Gasteiger partial charge in [-0.05, 0) is 30.7 Å². The first-order valence-corrected chi connectivity index (χ1v) is 9.16. The Kier molecular flexibility index (Phi) is 4.70. The Balaban J connectivity index is 1.72. The molecular formula is C19H20ClN3O3. The summed E-state index contributed by atoms with van der Waals surface area (Å²) in [6.45, 7) is 2.04. The van der Waals surface area contributed by atoms with E-state index in [4.69, 9.17) is 26.4 Å². The van der Waals surface area contributed by atoms with Crippen LogP contribution in [0, 0.1) is 0 Å². The van der Waals surface area contributed by atoms with Crippen molar-refractivity contribution in [3.63, 3.8) is 0 Å². The summed E-state index contributed by atoms with van der Waals surface area (Å²) in [5.74, 6) is 1.47. The monoisotopic (exact) mass is 373 g/mol. The molecule has 1 saturated heterocycles. The van der Waals surface area contributed by atoms with Gasteiger partial charge in [0.1, 0.15) is 23.0 Å². The number of fused-ring (bicyclic) bond motifs is 2. The van der Waals surface area contributed by atoms with Crippen molar-refractivity contribution in [3.8, 4) is 5.75 Å². The summed E-state index contributed by atoms with van der Waals surface area (Å²) in [5.41, 5.74) is 1.64. The molecule has 0 amide bonds. The van der Waals surface area contributed by atoms with Crippen LogP contribution in [0.2, 0.25) is 0 Å². The van der Waals surface area contributed by atoms with Crippen molar-refractivity contribution >= 4 is 23.4 Å². The molecule has 7 heteroatoms. The predicted molar refractivity (Wildman–Crippen MR) is 99.6 cm³/mol. The van der Waals surface area contributed by atoms with Crippen molar-refractivity contribution in [2.75, 3.05) is 19.6 Å². The minimum absolute atomic E-state index is 0.0829. The van der Waals surface area contributed by atoms with Gasteiger partial charge in [-0.2, -0.15) is 0 Å². The fraction of sp³-hybridized carbons (Fsp3) is 0.368. The number of aliphatic imine (C=N–C) groups is 1. The van der Waals surface area contributed by atoms with Gasteiger partial charge in [-0.3, -0.25) is 4.79 Å². The van der Waals surface area contributed by atoms with Gasteiger partial charge in [-0.25, -0.2) is 4.99 Å². The van der Waals surface area contributed by atoms with Crippen LogP contribution in [0.15, 0.2) is 52.9 Å². The zero-order valence-electron chi connectivity index (χ0n) is 14.2. The third-order valence-corrected chi connectivity index (χ3v) is 4.97. The van der Waals surface area contributed by atoms with Crippen molar-refractivity contribution in [1.29, 1.82) is 0 Å². The quantitative estimate of drug-likeness (QED) is 0.778. The Bertz CT molecular complexity index is 818. The van der Waals surface area contributed by atoms with Gasteiger partial charge in [0.15, 0.2) is 0 Å². The zero-order chi connectivity index (χ0) is 18.1. The number of ether oxygens (including phenoxy) is 1. The Morgan fingerprint density at radius 1 is 1.42 bits per heavy atom. The molecule has 2 atom stereocenters. The number of aliphatic carboxylic acids is 1. The lowest BCUT2D eigenvalue weighted by molar-refractivity contribution is -0.137. The summed E-state index contributed by atoms with van der Waals surface area (Å²) >= 11 is 6.28. The molecule has 6 nitrogen and oxygen atoms in total. The molecule has 1 aromatic rings. The van der Waals surface area contributed by atoms with Crippen molar-refractivity contribution < 1.29 is 14.6 Å². The highest BCUT2D eigenvalue weighted by atomic mass is 35.5. The third-order valence-electron chi connectivity index (χ3n) is 4.67. The molecule has 0 radical (unpaired) electrons. The average Bonchev–Trinajstić information content (AvgIpc) is 2.78. The average molecular weight is 374 g/mol. The van der Waals surface area contributed by atoms with Gasteiger partial charge < -0.3 is 20.1 Å².